The van der Waals surface area contributed by atoms with Crippen LogP contribution in [0.15, 0.2) is 36.4 Å². The number of phenols is 1. The van der Waals surface area contributed by atoms with Crippen molar-refractivity contribution in [3.05, 3.63) is 58.7 Å². The Bertz CT molecular complexity index is 834. The number of carbonyl (C=O) groups excluding carboxylic acids is 1. The minimum Gasteiger partial charge on any atom is -0.507 e. The molecule has 0 fully saturated rings. The van der Waals surface area contributed by atoms with Gasteiger partial charge in [-0.05, 0) is 59.9 Å². The highest BCUT2D eigenvalue weighted by molar-refractivity contribution is 6.07. The third-order valence-corrected chi connectivity index (χ3v) is 4.62. The molecular formula is C23H29NO3. The van der Waals surface area contributed by atoms with Crippen molar-refractivity contribution in [2.24, 2.45) is 0 Å². The highest BCUT2D eigenvalue weighted by atomic mass is 16.5. The Kier molecular flexibility index (Phi) is 6.67. The molecule has 2 aromatic rings. The van der Waals surface area contributed by atoms with Gasteiger partial charge in [0.1, 0.15) is 11.5 Å². The molecule has 4 heteroatoms. The summed E-state index contributed by atoms with van der Waals surface area (Å²) >= 11 is 0. The van der Waals surface area contributed by atoms with E-state index in [1.54, 1.807) is 31.4 Å². The summed E-state index contributed by atoms with van der Waals surface area (Å²) in [7, 11) is 3.43. The molecule has 0 unspecified atom stereocenters. The van der Waals surface area contributed by atoms with E-state index in [1.807, 2.05) is 52.9 Å². The van der Waals surface area contributed by atoms with Crippen LogP contribution >= 0.6 is 0 Å². The van der Waals surface area contributed by atoms with Crippen LogP contribution in [-0.2, 0) is 0 Å². The molecule has 0 heterocycles. The minimum atomic E-state index is -0.0787. The summed E-state index contributed by atoms with van der Waals surface area (Å²) < 4.78 is 5.59. The number of allylic oxidation sites excluding steroid dienone is 1. The molecule has 0 amide bonds. The number of anilines is 1. The lowest BCUT2D eigenvalue weighted by Crippen LogP contribution is -2.02. The topological polar surface area (TPSA) is 58.6 Å². The van der Waals surface area contributed by atoms with Gasteiger partial charge in [-0.15, -0.1) is 0 Å². The molecule has 0 aliphatic carbocycles. The minimum absolute atomic E-state index is 0.0787. The first-order valence-corrected chi connectivity index (χ1v) is 9.24. The first-order chi connectivity index (χ1) is 12.8. The molecule has 0 saturated heterocycles. The second kappa shape index (κ2) is 8.76. The maximum absolute atomic E-state index is 12.5. The van der Waals surface area contributed by atoms with Crippen LogP contribution in [0.25, 0.3) is 6.08 Å². The van der Waals surface area contributed by atoms with Gasteiger partial charge in [0.05, 0.1) is 7.11 Å². The van der Waals surface area contributed by atoms with Crippen LogP contribution in [0, 0.1) is 0 Å². The average molecular weight is 367 g/mol. The van der Waals surface area contributed by atoms with Crippen LogP contribution in [0.4, 0.5) is 5.69 Å². The Morgan fingerprint density at radius 2 is 1.74 bits per heavy atom. The quantitative estimate of drug-likeness (QED) is 0.495. The summed E-state index contributed by atoms with van der Waals surface area (Å²) in [5, 5.41) is 13.7. The van der Waals surface area contributed by atoms with Crippen molar-refractivity contribution in [3.8, 4) is 11.5 Å². The second-order valence-electron chi connectivity index (χ2n) is 7.18. The molecule has 0 saturated carbocycles. The third kappa shape index (κ3) is 4.51. The van der Waals surface area contributed by atoms with E-state index < -0.39 is 0 Å². The fraction of sp³-hybridized carbons (Fsp3) is 0.348. The molecule has 0 radical (unpaired) electrons. The highest BCUT2D eigenvalue weighted by Crippen LogP contribution is 2.42. The van der Waals surface area contributed by atoms with Gasteiger partial charge in [-0.3, -0.25) is 4.79 Å². The van der Waals surface area contributed by atoms with E-state index in [-0.39, 0.29) is 23.4 Å². The van der Waals surface area contributed by atoms with Gasteiger partial charge < -0.3 is 15.2 Å². The molecule has 0 aromatic heterocycles. The lowest BCUT2D eigenvalue weighted by Gasteiger charge is -2.20. The van der Waals surface area contributed by atoms with Crippen molar-refractivity contribution in [2.75, 3.05) is 19.5 Å². The number of carbonyl (C=O) groups is 1. The van der Waals surface area contributed by atoms with Crippen molar-refractivity contribution < 1.29 is 14.6 Å². The lowest BCUT2D eigenvalue weighted by molar-refractivity contribution is 0.104. The van der Waals surface area contributed by atoms with E-state index in [4.69, 9.17) is 4.74 Å². The first kappa shape index (κ1) is 20.6. The Morgan fingerprint density at radius 1 is 1.11 bits per heavy atom. The van der Waals surface area contributed by atoms with E-state index in [0.717, 1.165) is 22.4 Å². The van der Waals surface area contributed by atoms with Gasteiger partial charge >= 0.3 is 0 Å². The molecule has 0 spiro atoms. The van der Waals surface area contributed by atoms with Crippen molar-refractivity contribution in [1.82, 2.24) is 0 Å². The maximum Gasteiger partial charge on any atom is 0.185 e. The highest BCUT2D eigenvalue weighted by Gasteiger charge is 2.21. The van der Waals surface area contributed by atoms with Crippen LogP contribution in [0.2, 0.25) is 0 Å². The van der Waals surface area contributed by atoms with E-state index in [9.17, 15) is 9.90 Å². The molecule has 0 aliphatic rings. The summed E-state index contributed by atoms with van der Waals surface area (Å²) in [5.74, 6) is 1.07. The van der Waals surface area contributed by atoms with E-state index in [2.05, 4.69) is 5.32 Å². The van der Waals surface area contributed by atoms with Gasteiger partial charge in [0, 0.05) is 29.4 Å². The van der Waals surface area contributed by atoms with Gasteiger partial charge in [0.15, 0.2) is 5.78 Å². The molecule has 0 atom stereocenters. The molecule has 4 nitrogen and oxygen atoms in total. The molecular weight excluding hydrogens is 338 g/mol. The number of ether oxygens (including phenoxy) is 1. The number of hydrogen-bond acceptors (Lipinski definition) is 4. The summed E-state index contributed by atoms with van der Waals surface area (Å²) in [6.07, 6.45) is 3.32. The van der Waals surface area contributed by atoms with Gasteiger partial charge in [0.25, 0.3) is 0 Å². The third-order valence-electron chi connectivity index (χ3n) is 4.62. The maximum atomic E-state index is 12.5. The number of phenolic OH excluding ortho intramolecular Hbond substituents is 1. The zero-order chi connectivity index (χ0) is 20.1. The van der Waals surface area contributed by atoms with Gasteiger partial charge in [0.2, 0.25) is 0 Å². The Morgan fingerprint density at radius 3 is 2.22 bits per heavy atom. The first-order valence-electron chi connectivity index (χ1n) is 9.24. The number of rotatable bonds is 7. The van der Waals surface area contributed by atoms with Crippen LogP contribution < -0.4 is 10.1 Å². The van der Waals surface area contributed by atoms with Gasteiger partial charge in [-0.2, -0.15) is 0 Å². The van der Waals surface area contributed by atoms with Crippen LogP contribution in [0.5, 0.6) is 11.5 Å². The molecule has 0 aliphatic heterocycles. The van der Waals surface area contributed by atoms with Gasteiger partial charge in [-0.1, -0.05) is 27.7 Å². The number of aromatic hydroxyl groups is 1. The predicted octanol–water partition coefficient (Wildman–Crippen LogP) is 5.59. The van der Waals surface area contributed by atoms with Crippen molar-refractivity contribution in [3.63, 3.8) is 0 Å². The van der Waals surface area contributed by atoms with Gasteiger partial charge in [-0.25, -0.2) is 0 Å². The number of benzene rings is 2. The molecule has 144 valence electrons. The van der Waals surface area contributed by atoms with Crippen molar-refractivity contribution in [2.45, 2.75) is 39.5 Å². The Hall–Kier alpha value is -2.75. The molecule has 2 N–H and O–H groups in total. The largest absolute Gasteiger partial charge is 0.507 e. The number of hydrogen-bond donors (Lipinski definition) is 2. The lowest BCUT2D eigenvalue weighted by atomic mass is 9.90. The van der Waals surface area contributed by atoms with Crippen LogP contribution in [0.1, 0.15) is 66.6 Å². The Labute approximate surface area is 161 Å². The smallest absolute Gasteiger partial charge is 0.185 e. The summed E-state index contributed by atoms with van der Waals surface area (Å²) in [5.41, 5.74) is 4.00. The Balaban J connectivity index is 2.46. The normalized spacial score (nSPS) is 11.4. The average Bonchev–Trinajstić information content (AvgIpc) is 2.65. The molecule has 0 bridgehead atoms. The zero-order valence-electron chi connectivity index (χ0n) is 17.0. The van der Waals surface area contributed by atoms with E-state index in [1.165, 1.54) is 0 Å². The number of ketones is 1. The number of nitrogens with one attached hydrogen (secondary N) is 1. The molecule has 2 aromatic carbocycles. The molecule has 27 heavy (non-hydrogen) atoms. The number of methoxy groups -OCH3 is 1. The molecule has 2 rings (SSSR count). The fourth-order valence-electron chi connectivity index (χ4n) is 3.11. The summed E-state index contributed by atoms with van der Waals surface area (Å²) in [4.78, 5) is 12.5. The second-order valence-corrected chi connectivity index (χ2v) is 7.18. The van der Waals surface area contributed by atoms with Crippen molar-refractivity contribution in [1.29, 1.82) is 0 Å². The summed E-state index contributed by atoms with van der Waals surface area (Å²) in [6, 6.07) is 9.24. The zero-order valence-corrected chi connectivity index (χ0v) is 17.0. The SMILES string of the molecule is CNc1ccc(C(=O)/C=C/c2cc(C(C)C)c(O)c(C(C)C)c2OC)cc1. The van der Waals surface area contributed by atoms with E-state index in [0.29, 0.717) is 11.3 Å². The van der Waals surface area contributed by atoms with Crippen molar-refractivity contribution >= 4 is 17.5 Å². The fourth-order valence-corrected chi connectivity index (χ4v) is 3.11. The van der Waals surface area contributed by atoms with E-state index >= 15 is 0 Å². The standard InChI is InChI=1S/C23H29NO3/c1-14(2)19-13-17(23(27-6)21(15(3)4)22(19)26)9-12-20(25)16-7-10-18(24-5)11-8-16/h7-15,24,26H,1-6H3/b12-9+. The van der Waals surface area contributed by atoms with Crippen LogP contribution in [-0.4, -0.2) is 25.0 Å². The predicted molar refractivity (Wildman–Crippen MR) is 112 cm³/mol. The van der Waals surface area contributed by atoms with Crippen LogP contribution in [0.3, 0.4) is 0 Å². The monoisotopic (exact) mass is 367 g/mol. The summed E-state index contributed by atoms with van der Waals surface area (Å²) in [6.45, 7) is 8.11.